The zero-order valence-electron chi connectivity index (χ0n) is 15.0. The standard InChI is InChI=1S/C21H24O4/c1-4-9-24-20(23)25-19-15-10-12(2)5-6-14(15)18(22)17-16(19)13-7-8-21(17,3)11-13/h5-6,10,13,22H,4,7-9,11H2,1-3H3. The molecule has 0 heterocycles. The van der Waals surface area contributed by atoms with E-state index in [2.05, 4.69) is 6.92 Å². The zero-order chi connectivity index (χ0) is 17.8. The van der Waals surface area contributed by atoms with Crippen molar-refractivity contribution in [2.75, 3.05) is 6.61 Å². The molecule has 25 heavy (non-hydrogen) atoms. The lowest BCUT2D eigenvalue weighted by molar-refractivity contribution is 0.0992. The van der Waals surface area contributed by atoms with Crippen LogP contribution in [0, 0.1) is 6.92 Å². The van der Waals surface area contributed by atoms with Crippen molar-refractivity contribution in [2.45, 2.75) is 57.8 Å². The molecule has 0 spiro atoms. The second kappa shape index (κ2) is 5.65. The van der Waals surface area contributed by atoms with Gasteiger partial charge in [0.2, 0.25) is 0 Å². The fourth-order valence-electron chi connectivity index (χ4n) is 4.70. The first-order valence-electron chi connectivity index (χ1n) is 9.09. The van der Waals surface area contributed by atoms with Crippen LogP contribution >= 0.6 is 0 Å². The van der Waals surface area contributed by atoms with E-state index in [1.54, 1.807) is 0 Å². The van der Waals surface area contributed by atoms with Gasteiger partial charge in [0.25, 0.3) is 0 Å². The molecular weight excluding hydrogens is 316 g/mol. The minimum Gasteiger partial charge on any atom is -0.507 e. The first-order chi connectivity index (χ1) is 11.9. The fraction of sp³-hybridized carbons (Fsp3) is 0.476. The molecule has 2 aromatic rings. The second-order valence-electron chi connectivity index (χ2n) is 7.72. The lowest BCUT2D eigenvalue weighted by atomic mass is 9.78. The molecule has 4 nitrogen and oxygen atoms in total. The highest BCUT2D eigenvalue weighted by molar-refractivity contribution is 5.98. The summed E-state index contributed by atoms with van der Waals surface area (Å²) in [6.45, 7) is 6.50. The Bertz CT molecular complexity index is 870. The smallest absolute Gasteiger partial charge is 0.507 e. The third kappa shape index (κ3) is 2.38. The summed E-state index contributed by atoms with van der Waals surface area (Å²) in [4.78, 5) is 12.2. The number of carbonyl (C=O) groups is 1. The number of phenolic OH excluding ortho intramolecular Hbond substituents is 1. The number of phenols is 1. The van der Waals surface area contributed by atoms with Gasteiger partial charge in [-0.05, 0) is 50.0 Å². The largest absolute Gasteiger partial charge is 0.513 e. The molecule has 1 saturated carbocycles. The second-order valence-corrected chi connectivity index (χ2v) is 7.72. The van der Waals surface area contributed by atoms with Crippen molar-refractivity contribution in [1.29, 1.82) is 0 Å². The summed E-state index contributed by atoms with van der Waals surface area (Å²) < 4.78 is 10.9. The number of carbonyl (C=O) groups excluding carboxylic acids is 1. The van der Waals surface area contributed by atoms with Crippen LogP contribution in [0.25, 0.3) is 10.8 Å². The van der Waals surface area contributed by atoms with Gasteiger partial charge in [-0.15, -0.1) is 0 Å². The Kier molecular flexibility index (Phi) is 3.67. The van der Waals surface area contributed by atoms with Crippen LogP contribution in [0.2, 0.25) is 0 Å². The summed E-state index contributed by atoms with van der Waals surface area (Å²) in [6, 6.07) is 5.87. The average molecular weight is 340 g/mol. The quantitative estimate of drug-likeness (QED) is 0.607. The first-order valence-corrected chi connectivity index (χ1v) is 9.09. The summed E-state index contributed by atoms with van der Waals surface area (Å²) in [5.74, 6) is 1.27. The van der Waals surface area contributed by atoms with Gasteiger partial charge in [0.15, 0.2) is 0 Å². The van der Waals surface area contributed by atoms with Gasteiger partial charge in [-0.3, -0.25) is 0 Å². The molecule has 0 saturated heterocycles. The van der Waals surface area contributed by atoms with Crippen molar-refractivity contribution in [3.8, 4) is 11.5 Å². The van der Waals surface area contributed by atoms with Gasteiger partial charge in [-0.25, -0.2) is 4.79 Å². The summed E-state index contributed by atoms with van der Waals surface area (Å²) in [5, 5.41) is 12.5. The zero-order valence-corrected chi connectivity index (χ0v) is 15.0. The van der Waals surface area contributed by atoms with E-state index in [-0.39, 0.29) is 5.41 Å². The number of aromatic hydroxyl groups is 1. The molecule has 0 aromatic heterocycles. The molecule has 1 N–H and O–H groups in total. The minimum absolute atomic E-state index is 0.0331. The number of rotatable bonds is 3. The number of fused-ring (bicyclic) bond motifs is 6. The molecule has 0 aliphatic heterocycles. The van der Waals surface area contributed by atoms with E-state index in [9.17, 15) is 9.90 Å². The van der Waals surface area contributed by atoms with Crippen LogP contribution in [0.1, 0.15) is 62.1 Å². The Morgan fingerprint density at radius 3 is 2.92 bits per heavy atom. The van der Waals surface area contributed by atoms with Crippen molar-refractivity contribution in [3.05, 3.63) is 34.9 Å². The molecule has 4 heteroatoms. The monoisotopic (exact) mass is 340 g/mol. The highest BCUT2D eigenvalue weighted by atomic mass is 16.7. The molecule has 132 valence electrons. The van der Waals surface area contributed by atoms with Crippen LogP contribution < -0.4 is 4.74 Å². The molecular formula is C21H24O4. The highest BCUT2D eigenvalue weighted by Gasteiger charge is 2.50. The number of hydrogen-bond donors (Lipinski definition) is 1. The number of ether oxygens (including phenoxy) is 2. The van der Waals surface area contributed by atoms with E-state index in [1.165, 1.54) is 0 Å². The normalized spacial score (nSPS) is 23.7. The van der Waals surface area contributed by atoms with Gasteiger partial charge in [-0.1, -0.05) is 31.5 Å². The van der Waals surface area contributed by atoms with Crippen molar-refractivity contribution in [2.24, 2.45) is 0 Å². The summed E-state index contributed by atoms with van der Waals surface area (Å²) in [5.41, 5.74) is 3.01. The third-order valence-electron chi connectivity index (χ3n) is 5.79. The van der Waals surface area contributed by atoms with Crippen molar-refractivity contribution < 1.29 is 19.4 Å². The Hall–Kier alpha value is -2.23. The van der Waals surface area contributed by atoms with Crippen LogP contribution in [0.3, 0.4) is 0 Å². The minimum atomic E-state index is -0.662. The molecule has 2 bridgehead atoms. The van der Waals surface area contributed by atoms with E-state index in [0.29, 0.717) is 24.0 Å². The topological polar surface area (TPSA) is 55.8 Å². The van der Waals surface area contributed by atoms with E-state index >= 15 is 0 Å². The number of benzene rings is 2. The van der Waals surface area contributed by atoms with Gasteiger partial charge in [0.05, 0.1) is 6.61 Å². The Morgan fingerprint density at radius 2 is 2.16 bits per heavy atom. The number of aryl methyl sites for hydroxylation is 1. The van der Waals surface area contributed by atoms with Gasteiger partial charge in [-0.2, -0.15) is 0 Å². The van der Waals surface area contributed by atoms with Crippen molar-refractivity contribution >= 4 is 16.9 Å². The van der Waals surface area contributed by atoms with Gasteiger partial charge >= 0.3 is 6.16 Å². The molecule has 2 unspecified atom stereocenters. The van der Waals surface area contributed by atoms with Crippen LogP contribution in [-0.4, -0.2) is 17.9 Å². The molecule has 4 rings (SSSR count). The maximum absolute atomic E-state index is 12.2. The van der Waals surface area contributed by atoms with Crippen LogP contribution in [0.15, 0.2) is 18.2 Å². The highest BCUT2D eigenvalue weighted by Crippen LogP contribution is 2.63. The van der Waals surface area contributed by atoms with Crippen LogP contribution in [0.4, 0.5) is 4.79 Å². The predicted molar refractivity (Wildman–Crippen MR) is 96.6 cm³/mol. The average Bonchev–Trinajstić information content (AvgIpc) is 3.10. The van der Waals surface area contributed by atoms with E-state index in [1.807, 2.05) is 32.0 Å². The third-order valence-corrected chi connectivity index (χ3v) is 5.79. The molecule has 2 atom stereocenters. The van der Waals surface area contributed by atoms with Gasteiger partial charge < -0.3 is 14.6 Å². The summed E-state index contributed by atoms with van der Waals surface area (Å²) >= 11 is 0. The summed E-state index contributed by atoms with van der Waals surface area (Å²) in [6.07, 6.45) is 3.23. The molecule has 2 aliphatic carbocycles. The molecule has 1 fully saturated rings. The van der Waals surface area contributed by atoms with Gasteiger partial charge in [0.1, 0.15) is 11.5 Å². The fourth-order valence-corrected chi connectivity index (χ4v) is 4.70. The van der Waals surface area contributed by atoms with Crippen molar-refractivity contribution in [3.63, 3.8) is 0 Å². The molecule has 0 radical (unpaired) electrons. The van der Waals surface area contributed by atoms with E-state index in [4.69, 9.17) is 9.47 Å². The van der Waals surface area contributed by atoms with Gasteiger partial charge in [0, 0.05) is 21.9 Å². The maximum Gasteiger partial charge on any atom is 0.513 e. The van der Waals surface area contributed by atoms with E-state index < -0.39 is 6.16 Å². The Morgan fingerprint density at radius 1 is 1.36 bits per heavy atom. The lowest BCUT2D eigenvalue weighted by Gasteiger charge is -2.27. The Balaban J connectivity index is 1.94. The maximum atomic E-state index is 12.2. The SMILES string of the molecule is CCCOC(=O)Oc1c2c(c(O)c3ccc(C)cc13)C1(C)CCC2C1. The molecule has 2 aromatic carbocycles. The summed E-state index contributed by atoms with van der Waals surface area (Å²) in [7, 11) is 0. The van der Waals surface area contributed by atoms with Crippen LogP contribution in [0.5, 0.6) is 11.5 Å². The van der Waals surface area contributed by atoms with Crippen molar-refractivity contribution in [1.82, 2.24) is 0 Å². The van der Waals surface area contributed by atoms with Crippen LogP contribution in [-0.2, 0) is 10.2 Å². The predicted octanol–water partition coefficient (Wildman–Crippen LogP) is 5.32. The van der Waals surface area contributed by atoms with E-state index in [0.717, 1.165) is 53.1 Å². The molecule has 2 aliphatic rings. The Labute approximate surface area is 147 Å². The molecule has 0 amide bonds. The first kappa shape index (κ1) is 16.2. The number of hydrogen-bond acceptors (Lipinski definition) is 4. The lowest BCUT2D eigenvalue weighted by Crippen LogP contribution is -2.18.